The summed E-state index contributed by atoms with van der Waals surface area (Å²) >= 11 is 0. The first kappa shape index (κ1) is 20.1. The second kappa shape index (κ2) is 8.55. The van der Waals surface area contributed by atoms with Crippen molar-refractivity contribution in [2.24, 2.45) is 0 Å². The molecule has 3 rings (SSSR count). The first-order chi connectivity index (χ1) is 13.9. The lowest BCUT2D eigenvalue weighted by molar-refractivity contribution is -0.0512. The normalized spacial score (nSPS) is 10.8. The van der Waals surface area contributed by atoms with E-state index in [2.05, 4.69) is 14.9 Å². The summed E-state index contributed by atoms with van der Waals surface area (Å²) in [6.07, 6.45) is 0. The predicted octanol–water partition coefficient (Wildman–Crippen LogP) is 3.72. The second-order valence-corrected chi connectivity index (χ2v) is 5.85. The standard InChI is InChI=1S/C19H16F2N2O6/c1-10-3-5-13(24)12(7-10)18(25)27-9-16-22-17(23-29-16)11-4-6-14(28-19(20)21)15(8-11)26-2/h3-8,19,24H,9H2,1-2H3. The largest absolute Gasteiger partial charge is 0.507 e. The lowest BCUT2D eigenvalue weighted by Gasteiger charge is -2.10. The van der Waals surface area contributed by atoms with Gasteiger partial charge in [-0.15, -0.1) is 0 Å². The summed E-state index contributed by atoms with van der Waals surface area (Å²) in [7, 11) is 1.30. The van der Waals surface area contributed by atoms with E-state index in [9.17, 15) is 18.7 Å². The molecule has 2 aromatic carbocycles. The Kier molecular flexibility index (Phi) is 5.91. The Morgan fingerprint density at radius 2 is 2.00 bits per heavy atom. The van der Waals surface area contributed by atoms with Gasteiger partial charge in [-0.3, -0.25) is 0 Å². The van der Waals surface area contributed by atoms with Gasteiger partial charge in [-0.05, 0) is 37.3 Å². The lowest BCUT2D eigenvalue weighted by atomic mass is 10.1. The molecule has 10 heteroatoms. The van der Waals surface area contributed by atoms with Crippen LogP contribution in [0.15, 0.2) is 40.9 Å². The van der Waals surface area contributed by atoms with Crippen LogP contribution in [0.3, 0.4) is 0 Å². The molecule has 0 bridgehead atoms. The molecule has 0 radical (unpaired) electrons. The Bertz CT molecular complexity index is 1020. The van der Waals surface area contributed by atoms with Gasteiger partial charge < -0.3 is 23.8 Å². The zero-order valence-electron chi connectivity index (χ0n) is 15.4. The van der Waals surface area contributed by atoms with Gasteiger partial charge in [0.2, 0.25) is 5.82 Å². The lowest BCUT2D eigenvalue weighted by Crippen LogP contribution is -2.06. The SMILES string of the molecule is COc1cc(-c2noc(COC(=O)c3cc(C)ccc3O)n2)ccc1OC(F)F. The monoisotopic (exact) mass is 406 g/mol. The van der Waals surface area contributed by atoms with Crippen molar-refractivity contribution in [3.63, 3.8) is 0 Å². The van der Waals surface area contributed by atoms with Gasteiger partial charge >= 0.3 is 12.6 Å². The van der Waals surface area contributed by atoms with Gasteiger partial charge in [0.1, 0.15) is 11.3 Å². The summed E-state index contributed by atoms with van der Waals surface area (Å²) in [5, 5.41) is 13.5. The molecule has 1 aromatic heterocycles. The fourth-order valence-corrected chi connectivity index (χ4v) is 2.45. The maximum Gasteiger partial charge on any atom is 0.387 e. The van der Waals surface area contributed by atoms with Gasteiger partial charge in [-0.25, -0.2) is 4.79 Å². The molecule has 0 spiro atoms. The van der Waals surface area contributed by atoms with Gasteiger partial charge in [-0.2, -0.15) is 13.8 Å². The molecule has 152 valence electrons. The van der Waals surface area contributed by atoms with Crippen molar-refractivity contribution in [1.29, 1.82) is 0 Å². The number of hydrogen-bond donors (Lipinski definition) is 1. The molecule has 0 aliphatic rings. The number of aryl methyl sites for hydroxylation is 1. The number of aromatic hydroxyl groups is 1. The molecule has 29 heavy (non-hydrogen) atoms. The number of aromatic nitrogens is 2. The fourth-order valence-electron chi connectivity index (χ4n) is 2.45. The highest BCUT2D eigenvalue weighted by Crippen LogP contribution is 2.32. The predicted molar refractivity (Wildman–Crippen MR) is 94.9 cm³/mol. The zero-order chi connectivity index (χ0) is 21.0. The molecule has 0 amide bonds. The van der Waals surface area contributed by atoms with Crippen LogP contribution in [0.2, 0.25) is 0 Å². The van der Waals surface area contributed by atoms with E-state index in [0.717, 1.165) is 5.56 Å². The number of carbonyl (C=O) groups is 1. The number of esters is 1. The smallest absolute Gasteiger partial charge is 0.387 e. The number of nitrogens with zero attached hydrogens (tertiary/aromatic N) is 2. The van der Waals surface area contributed by atoms with Gasteiger partial charge in [-0.1, -0.05) is 16.8 Å². The zero-order valence-corrected chi connectivity index (χ0v) is 15.4. The summed E-state index contributed by atoms with van der Waals surface area (Å²) < 4.78 is 44.3. The van der Waals surface area contributed by atoms with Crippen LogP contribution in [-0.4, -0.2) is 34.9 Å². The van der Waals surface area contributed by atoms with Crippen molar-refractivity contribution in [3.05, 3.63) is 53.4 Å². The molecule has 0 aliphatic heterocycles. The summed E-state index contributed by atoms with van der Waals surface area (Å²) in [6, 6.07) is 8.69. The average molecular weight is 406 g/mol. The van der Waals surface area contributed by atoms with Gasteiger partial charge in [0.05, 0.1) is 7.11 Å². The van der Waals surface area contributed by atoms with E-state index in [0.29, 0.717) is 5.56 Å². The Labute approximate surface area is 163 Å². The van der Waals surface area contributed by atoms with Crippen LogP contribution in [-0.2, 0) is 11.3 Å². The van der Waals surface area contributed by atoms with E-state index in [1.165, 1.54) is 37.4 Å². The number of halogens is 2. The topological polar surface area (TPSA) is 104 Å². The molecular weight excluding hydrogens is 390 g/mol. The quantitative estimate of drug-likeness (QED) is 0.592. The maximum atomic E-state index is 12.4. The number of rotatable bonds is 7. The first-order valence-corrected chi connectivity index (χ1v) is 8.30. The number of ether oxygens (including phenoxy) is 3. The Hall–Kier alpha value is -3.69. The van der Waals surface area contributed by atoms with E-state index >= 15 is 0 Å². The Morgan fingerprint density at radius 1 is 1.21 bits per heavy atom. The Morgan fingerprint density at radius 3 is 2.72 bits per heavy atom. The van der Waals surface area contributed by atoms with Gasteiger partial charge in [0, 0.05) is 5.56 Å². The van der Waals surface area contributed by atoms with Crippen molar-refractivity contribution >= 4 is 5.97 Å². The highest BCUT2D eigenvalue weighted by Gasteiger charge is 2.17. The summed E-state index contributed by atoms with van der Waals surface area (Å²) in [4.78, 5) is 16.2. The number of benzene rings is 2. The van der Waals surface area contributed by atoms with Crippen LogP contribution in [0.25, 0.3) is 11.4 Å². The van der Waals surface area contributed by atoms with E-state index in [1.54, 1.807) is 13.0 Å². The molecular formula is C19H16F2N2O6. The van der Waals surface area contributed by atoms with Gasteiger partial charge in [0.15, 0.2) is 18.1 Å². The minimum Gasteiger partial charge on any atom is -0.507 e. The van der Waals surface area contributed by atoms with Crippen molar-refractivity contribution in [1.82, 2.24) is 10.1 Å². The van der Waals surface area contributed by atoms with Crippen LogP contribution in [0.5, 0.6) is 17.2 Å². The van der Waals surface area contributed by atoms with Crippen LogP contribution < -0.4 is 9.47 Å². The highest BCUT2D eigenvalue weighted by molar-refractivity contribution is 5.92. The molecule has 1 N–H and O–H groups in total. The Balaban J connectivity index is 1.71. The minimum absolute atomic E-state index is 0.00682. The van der Waals surface area contributed by atoms with Crippen LogP contribution in [0.4, 0.5) is 8.78 Å². The van der Waals surface area contributed by atoms with Crippen LogP contribution >= 0.6 is 0 Å². The summed E-state index contributed by atoms with van der Waals surface area (Å²) in [5.74, 6) is -0.882. The molecule has 0 fully saturated rings. The molecule has 1 heterocycles. The molecule has 0 unspecified atom stereocenters. The van der Waals surface area contributed by atoms with Crippen LogP contribution in [0, 0.1) is 6.92 Å². The van der Waals surface area contributed by atoms with Crippen molar-refractivity contribution in [2.45, 2.75) is 20.1 Å². The molecule has 0 saturated heterocycles. The van der Waals surface area contributed by atoms with Crippen LogP contribution in [0.1, 0.15) is 21.8 Å². The molecule has 8 nitrogen and oxygen atoms in total. The minimum atomic E-state index is -2.99. The fraction of sp³-hybridized carbons (Fsp3) is 0.211. The average Bonchev–Trinajstić information content (AvgIpc) is 3.17. The third-order valence-electron chi connectivity index (χ3n) is 3.80. The van der Waals surface area contributed by atoms with E-state index in [-0.39, 0.29) is 41.1 Å². The molecule has 0 saturated carbocycles. The van der Waals surface area contributed by atoms with E-state index in [1.807, 2.05) is 0 Å². The summed E-state index contributed by atoms with van der Waals surface area (Å²) in [6.45, 7) is -1.54. The van der Waals surface area contributed by atoms with Crippen molar-refractivity contribution in [2.75, 3.05) is 7.11 Å². The second-order valence-electron chi connectivity index (χ2n) is 5.85. The molecule has 0 aliphatic carbocycles. The maximum absolute atomic E-state index is 12.4. The first-order valence-electron chi connectivity index (χ1n) is 8.30. The van der Waals surface area contributed by atoms with Crippen molar-refractivity contribution in [3.8, 4) is 28.6 Å². The number of carbonyl (C=O) groups excluding carboxylic acids is 1. The van der Waals surface area contributed by atoms with E-state index in [4.69, 9.17) is 14.0 Å². The molecule has 3 aromatic rings. The van der Waals surface area contributed by atoms with Gasteiger partial charge in [0.25, 0.3) is 5.89 Å². The number of phenols is 1. The molecule has 0 atom stereocenters. The van der Waals surface area contributed by atoms with E-state index < -0.39 is 12.6 Å². The number of phenolic OH excluding ortho intramolecular Hbond substituents is 1. The third kappa shape index (κ3) is 4.78. The number of methoxy groups -OCH3 is 1. The number of hydrogen-bond acceptors (Lipinski definition) is 8. The van der Waals surface area contributed by atoms with Crippen molar-refractivity contribution < 1.29 is 37.4 Å². The number of alkyl halides is 2. The highest BCUT2D eigenvalue weighted by atomic mass is 19.3. The summed E-state index contributed by atoms with van der Waals surface area (Å²) in [5.41, 5.74) is 1.22. The third-order valence-corrected chi connectivity index (χ3v) is 3.80.